The van der Waals surface area contributed by atoms with E-state index in [-0.39, 0.29) is 12.2 Å². The van der Waals surface area contributed by atoms with Gasteiger partial charge in [-0.1, -0.05) is 0 Å². The van der Waals surface area contributed by atoms with E-state index in [0.29, 0.717) is 19.0 Å². The summed E-state index contributed by atoms with van der Waals surface area (Å²) in [5.41, 5.74) is -0.908. The lowest BCUT2D eigenvalue weighted by Gasteiger charge is -2.36. The topological polar surface area (TPSA) is 103 Å². The van der Waals surface area contributed by atoms with Crippen molar-refractivity contribution in [2.24, 2.45) is 0 Å². The van der Waals surface area contributed by atoms with E-state index in [1.54, 1.807) is 0 Å². The van der Waals surface area contributed by atoms with Crippen molar-refractivity contribution >= 4 is 34.7 Å². The quantitative estimate of drug-likeness (QED) is 0.219. The van der Waals surface area contributed by atoms with Crippen LogP contribution in [-0.2, 0) is 41.4 Å². The van der Waals surface area contributed by atoms with E-state index in [1.807, 2.05) is 0 Å². The fourth-order valence-corrected chi connectivity index (χ4v) is 2.51. The zero-order valence-corrected chi connectivity index (χ0v) is 18.9. The number of carbonyl (C=O) groups excluding carboxylic acids is 4. The van der Waals surface area contributed by atoms with Gasteiger partial charge in [0.05, 0.1) is 17.8 Å². The molecule has 0 N–H and O–H groups in total. The first-order chi connectivity index (χ1) is 16.8. The minimum Gasteiger partial charge on any atom is -0.449 e. The van der Waals surface area contributed by atoms with Gasteiger partial charge in [0.15, 0.2) is 13.2 Å². The maximum atomic E-state index is 12.5. The van der Waals surface area contributed by atoms with Crippen molar-refractivity contribution in [1.82, 2.24) is 9.88 Å². The molecule has 208 valence electrons. The van der Waals surface area contributed by atoms with Crippen molar-refractivity contribution < 1.29 is 68.2 Å². The fraction of sp³-hybridized carbons (Fsp3) is 0.526. The molecule has 2 rings (SSSR count). The van der Waals surface area contributed by atoms with Crippen LogP contribution in [0.3, 0.4) is 0 Å². The Morgan fingerprint density at radius 2 is 1.41 bits per heavy atom. The van der Waals surface area contributed by atoms with E-state index >= 15 is 0 Å². The normalized spacial score (nSPS) is 14.0. The molecule has 18 heteroatoms. The first-order valence-electron chi connectivity index (χ1n) is 9.80. The number of aromatic nitrogens is 1. The Balaban J connectivity index is 0.000000525. The predicted octanol–water partition coefficient (Wildman–Crippen LogP) is 3.94. The Morgan fingerprint density at radius 3 is 1.76 bits per heavy atom. The SMILES string of the molecule is O=C(Cl)C(=O)OCC(F)(F)F.O=C(OCC(F)(F)F)C(=O)N(Cc1ccc(C(F)(F)F)cn1)C1CCC1. The molecule has 1 amide bonds. The number of nitrogens with zero attached hydrogens (tertiary/aromatic N) is 2. The van der Waals surface area contributed by atoms with Gasteiger partial charge in [-0.05, 0) is 43.0 Å². The Morgan fingerprint density at radius 1 is 0.892 bits per heavy atom. The summed E-state index contributed by atoms with van der Waals surface area (Å²) in [5, 5.41) is -1.57. The number of carbonyl (C=O) groups is 4. The molecule has 1 aromatic rings. The molecule has 0 aromatic carbocycles. The number of ether oxygens (including phenoxy) is 2. The molecule has 0 bridgehead atoms. The molecule has 0 aliphatic heterocycles. The van der Waals surface area contributed by atoms with Crippen LogP contribution in [0.15, 0.2) is 18.3 Å². The Hall–Kier alpha value is -3.11. The second-order valence-corrected chi connectivity index (χ2v) is 7.55. The van der Waals surface area contributed by atoms with Gasteiger partial charge in [-0.15, -0.1) is 0 Å². The summed E-state index contributed by atoms with van der Waals surface area (Å²) < 4.78 is 115. The fourth-order valence-electron chi connectivity index (χ4n) is 2.46. The molecule has 1 fully saturated rings. The number of pyridine rings is 1. The number of hydrogen-bond donors (Lipinski definition) is 0. The van der Waals surface area contributed by atoms with Crippen LogP contribution >= 0.6 is 11.6 Å². The van der Waals surface area contributed by atoms with Crippen LogP contribution in [0.2, 0.25) is 0 Å². The summed E-state index contributed by atoms with van der Waals surface area (Å²) in [7, 11) is 0. The largest absolute Gasteiger partial charge is 0.449 e. The number of alkyl halides is 9. The molecule has 1 heterocycles. The van der Waals surface area contributed by atoms with Gasteiger partial charge in [-0.3, -0.25) is 14.6 Å². The van der Waals surface area contributed by atoms with E-state index in [4.69, 9.17) is 0 Å². The van der Waals surface area contributed by atoms with Crippen molar-refractivity contribution in [1.29, 1.82) is 0 Å². The van der Waals surface area contributed by atoms with E-state index in [1.165, 1.54) is 0 Å². The molecule has 37 heavy (non-hydrogen) atoms. The highest BCUT2D eigenvalue weighted by atomic mass is 35.5. The second kappa shape index (κ2) is 12.9. The lowest BCUT2D eigenvalue weighted by atomic mass is 9.91. The summed E-state index contributed by atoms with van der Waals surface area (Å²) in [6, 6.07) is 1.42. The van der Waals surface area contributed by atoms with E-state index in [9.17, 15) is 58.7 Å². The van der Waals surface area contributed by atoms with Crippen LogP contribution in [0.4, 0.5) is 39.5 Å². The third-order valence-electron chi connectivity index (χ3n) is 4.33. The molecular weight excluding hydrogens is 559 g/mol. The van der Waals surface area contributed by atoms with Crippen LogP contribution < -0.4 is 0 Å². The lowest BCUT2D eigenvalue weighted by molar-refractivity contribution is -0.190. The van der Waals surface area contributed by atoms with Crippen molar-refractivity contribution in [2.75, 3.05) is 13.2 Å². The maximum Gasteiger partial charge on any atom is 0.422 e. The molecular formula is C19H16ClF9N2O6. The molecule has 0 radical (unpaired) electrons. The van der Waals surface area contributed by atoms with Crippen LogP contribution in [0.25, 0.3) is 0 Å². The van der Waals surface area contributed by atoms with Gasteiger partial charge in [0.2, 0.25) is 0 Å². The minimum atomic E-state index is -4.77. The van der Waals surface area contributed by atoms with Crippen LogP contribution in [0, 0.1) is 0 Å². The van der Waals surface area contributed by atoms with Crippen LogP contribution in [0.1, 0.15) is 30.5 Å². The molecule has 1 aromatic heterocycles. The molecule has 0 saturated heterocycles. The smallest absolute Gasteiger partial charge is 0.422 e. The number of rotatable bonds is 6. The van der Waals surface area contributed by atoms with Gasteiger partial charge in [0.25, 0.3) is 0 Å². The van der Waals surface area contributed by atoms with E-state index in [0.717, 1.165) is 23.5 Å². The minimum absolute atomic E-state index is 0.0712. The number of esters is 2. The van der Waals surface area contributed by atoms with Gasteiger partial charge in [-0.25, -0.2) is 9.59 Å². The molecule has 0 unspecified atom stereocenters. The molecule has 1 aliphatic rings. The number of amides is 1. The van der Waals surface area contributed by atoms with Crippen molar-refractivity contribution in [3.05, 3.63) is 29.6 Å². The maximum absolute atomic E-state index is 12.5. The van der Waals surface area contributed by atoms with Gasteiger partial charge >= 0.3 is 41.6 Å². The second-order valence-electron chi connectivity index (χ2n) is 7.21. The van der Waals surface area contributed by atoms with E-state index in [2.05, 4.69) is 26.1 Å². The zero-order valence-electron chi connectivity index (χ0n) is 18.2. The number of hydrogen-bond acceptors (Lipinski definition) is 7. The predicted molar refractivity (Wildman–Crippen MR) is 102 cm³/mol. The summed E-state index contributed by atoms with van der Waals surface area (Å²) in [6.45, 7) is -4.00. The molecule has 0 atom stereocenters. The molecule has 1 aliphatic carbocycles. The summed E-state index contributed by atoms with van der Waals surface area (Å²) in [4.78, 5) is 48.0. The summed E-state index contributed by atoms with van der Waals surface area (Å²) >= 11 is 4.48. The number of halogens is 10. The average Bonchev–Trinajstić information content (AvgIpc) is 2.72. The highest BCUT2D eigenvalue weighted by molar-refractivity contribution is 6.80. The zero-order chi connectivity index (χ0) is 28.6. The molecule has 0 spiro atoms. The van der Waals surface area contributed by atoms with Crippen LogP contribution in [-0.4, -0.2) is 64.6 Å². The summed E-state index contributed by atoms with van der Waals surface area (Å²) in [6.07, 6.45) is -11.6. The molecule has 8 nitrogen and oxygen atoms in total. The first kappa shape index (κ1) is 31.9. The van der Waals surface area contributed by atoms with Gasteiger partial charge in [-0.2, -0.15) is 39.5 Å². The third kappa shape index (κ3) is 12.1. The van der Waals surface area contributed by atoms with Crippen LogP contribution in [0.5, 0.6) is 0 Å². The standard InChI is InChI=1S/C15H14F6N2O3.C4H2ClF3O3/c16-14(17,18)8-26-13(25)12(24)23(11-2-1-3-11)7-10-5-4-9(6-22-10)15(19,20)21;5-2(9)3(10)11-1-4(6,7)8/h4-6,11H,1-3,7-8H2;1H2. The van der Waals surface area contributed by atoms with Crippen molar-refractivity contribution in [3.8, 4) is 0 Å². The Labute approximate surface area is 206 Å². The van der Waals surface area contributed by atoms with Gasteiger partial charge in [0, 0.05) is 12.2 Å². The monoisotopic (exact) mass is 574 g/mol. The first-order valence-corrected chi connectivity index (χ1v) is 10.2. The highest BCUT2D eigenvalue weighted by Crippen LogP contribution is 2.30. The van der Waals surface area contributed by atoms with Gasteiger partial charge < -0.3 is 14.4 Å². The molecule has 1 saturated carbocycles. The van der Waals surface area contributed by atoms with Gasteiger partial charge in [0.1, 0.15) is 0 Å². The Bertz CT molecular complexity index is 961. The Kier molecular flexibility index (Phi) is 11.1. The third-order valence-corrected chi connectivity index (χ3v) is 4.48. The summed E-state index contributed by atoms with van der Waals surface area (Å²) in [5.74, 6) is -4.65. The highest BCUT2D eigenvalue weighted by Gasteiger charge is 2.37. The van der Waals surface area contributed by atoms with E-state index < -0.39 is 66.4 Å². The lowest BCUT2D eigenvalue weighted by Crippen LogP contribution is -2.47. The average molecular weight is 575 g/mol. The van der Waals surface area contributed by atoms with Crippen molar-refractivity contribution in [2.45, 2.75) is 50.4 Å². The van der Waals surface area contributed by atoms with Crippen molar-refractivity contribution in [3.63, 3.8) is 0 Å².